The van der Waals surface area contributed by atoms with Crippen LogP contribution in [0, 0.1) is 0 Å². The highest BCUT2D eigenvalue weighted by Crippen LogP contribution is 2.38. The summed E-state index contributed by atoms with van der Waals surface area (Å²) in [4.78, 5) is 74.4. The molecule has 5 N–H and O–H groups in total. The van der Waals surface area contributed by atoms with Crippen LogP contribution in [-0.2, 0) is 25.7 Å². The molecule has 3 aromatic carbocycles. The number of ether oxygens (including phenoxy) is 1. The summed E-state index contributed by atoms with van der Waals surface area (Å²) in [6.07, 6.45) is 1.17. The molecular weight excluding hydrogens is 736 g/mol. The second kappa shape index (κ2) is 18.2. The maximum atomic E-state index is 12.8. The van der Waals surface area contributed by atoms with Crippen molar-refractivity contribution in [3.8, 4) is 28.6 Å². The van der Waals surface area contributed by atoms with Crippen LogP contribution in [-0.4, -0.2) is 111 Å². The number of phenols is 2. The molecule has 0 saturated carbocycles. The van der Waals surface area contributed by atoms with E-state index in [4.69, 9.17) is 0 Å². The maximum absolute atomic E-state index is 12.8. The van der Waals surface area contributed by atoms with Crippen molar-refractivity contribution in [3.05, 3.63) is 82.7 Å². The number of carbonyl (C=O) groups excluding carboxylic acids is 6. The van der Waals surface area contributed by atoms with Gasteiger partial charge in [0.2, 0.25) is 17.6 Å². The summed E-state index contributed by atoms with van der Waals surface area (Å²) in [5.41, 5.74) is 4.24. The maximum Gasteiger partial charge on any atom is 0.293 e. The number of nitrogens with zero attached hydrogens (tertiary/aromatic N) is 5. The van der Waals surface area contributed by atoms with Crippen molar-refractivity contribution in [1.82, 2.24) is 35.2 Å². The zero-order valence-corrected chi connectivity index (χ0v) is 32.4. The molecule has 5 amide bonds. The first-order valence-corrected chi connectivity index (χ1v) is 18.5. The number of rotatable bonds is 13. The predicted octanol–water partition coefficient (Wildman–Crippen LogP) is 3.34. The summed E-state index contributed by atoms with van der Waals surface area (Å²) in [6, 6.07) is 14.4. The first-order chi connectivity index (χ1) is 27.3. The molecule has 0 radical (unpaired) electrons. The Bertz CT molecular complexity index is 2170. The van der Waals surface area contributed by atoms with Gasteiger partial charge in [-0.05, 0) is 73.7 Å². The third-order valence-electron chi connectivity index (χ3n) is 9.61. The lowest BCUT2D eigenvalue weighted by atomic mass is 9.98. The van der Waals surface area contributed by atoms with E-state index in [-0.39, 0.29) is 65.7 Å². The van der Waals surface area contributed by atoms with Crippen LogP contribution < -0.4 is 16.0 Å². The van der Waals surface area contributed by atoms with Crippen LogP contribution in [0.25, 0.3) is 17.1 Å². The quantitative estimate of drug-likeness (QED) is 0.0748. The fourth-order valence-electron chi connectivity index (χ4n) is 6.65. The van der Waals surface area contributed by atoms with Gasteiger partial charge in [-0.3, -0.25) is 38.7 Å². The van der Waals surface area contributed by atoms with E-state index in [9.17, 15) is 39.0 Å². The van der Waals surface area contributed by atoms with Gasteiger partial charge in [0.25, 0.3) is 24.2 Å². The number of hydrogen-bond donors (Lipinski definition) is 5. The van der Waals surface area contributed by atoms with Gasteiger partial charge in [0.1, 0.15) is 17.5 Å². The van der Waals surface area contributed by atoms with E-state index >= 15 is 0 Å². The lowest BCUT2D eigenvalue weighted by molar-refractivity contribution is -0.137. The number of piperidine rings is 1. The van der Waals surface area contributed by atoms with Crippen molar-refractivity contribution in [2.24, 2.45) is 0 Å². The second-order valence-corrected chi connectivity index (χ2v) is 13.7. The Kier molecular flexibility index (Phi) is 13.2. The van der Waals surface area contributed by atoms with Crippen LogP contribution in [0.1, 0.15) is 88.4 Å². The summed E-state index contributed by atoms with van der Waals surface area (Å²) in [5, 5.41) is 37.2. The first-order valence-electron chi connectivity index (χ1n) is 18.5. The third-order valence-corrected chi connectivity index (χ3v) is 9.61. The fraction of sp³-hybridized carbons (Fsp3) is 0.350. The van der Waals surface area contributed by atoms with Gasteiger partial charge in [0.15, 0.2) is 5.82 Å². The predicted molar refractivity (Wildman–Crippen MR) is 208 cm³/mol. The van der Waals surface area contributed by atoms with Gasteiger partial charge in [0.05, 0.1) is 12.2 Å². The summed E-state index contributed by atoms with van der Waals surface area (Å²) in [5.74, 6) is -1.57. The summed E-state index contributed by atoms with van der Waals surface area (Å²) in [7, 11) is 3.46. The minimum absolute atomic E-state index is 0.00166. The lowest BCUT2D eigenvalue weighted by Gasteiger charge is -2.29. The van der Waals surface area contributed by atoms with E-state index in [1.165, 1.54) is 15.5 Å². The zero-order valence-electron chi connectivity index (χ0n) is 32.4. The lowest BCUT2D eigenvalue weighted by Crippen LogP contribution is -2.52. The number of amides is 5. The van der Waals surface area contributed by atoms with Crippen LogP contribution >= 0.6 is 0 Å². The molecule has 17 nitrogen and oxygen atoms in total. The number of aromatic hydroxyl groups is 2. The van der Waals surface area contributed by atoms with Crippen molar-refractivity contribution in [2.75, 3.05) is 39.1 Å². The molecule has 2 aliphatic rings. The molecule has 6 rings (SSSR count). The van der Waals surface area contributed by atoms with Crippen LogP contribution in [0.2, 0.25) is 0 Å². The number of aromatic nitrogens is 3. The smallest absolute Gasteiger partial charge is 0.293 e. The molecule has 3 heterocycles. The van der Waals surface area contributed by atoms with E-state index in [0.29, 0.717) is 66.9 Å². The summed E-state index contributed by atoms with van der Waals surface area (Å²) in [6.45, 7) is 7.37. The molecule has 0 bridgehead atoms. The van der Waals surface area contributed by atoms with Crippen molar-refractivity contribution < 1.29 is 43.7 Å². The zero-order chi connectivity index (χ0) is 41.4. The van der Waals surface area contributed by atoms with E-state index in [0.717, 1.165) is 11.3 Å². The highest BCUT2D eigenvalue weighted by Gasteiger charge is 2.39. The normalized spacial score (nSPS) is 14.7. The highest BCUT2D eigenvalue weighted by molar-refractivity contribution is 6.06. The minimum atomic E-state index is -0.558. The minimum Gasteiger partial charge on any atom is -0.508 e. The van der Waals surface area contributed by atoms with E-state index in [1.807, 2.05) is 26.0 Å². The molecule has 300 valence electrons. The van der Waals surface area contributed by atoms with Gasteiger partial charge in [-0.2, -0.15) is 0 Å². The van der Waals surface area contributed by atoms with Gasteiger partial charge < -0.3 is 35.4 Å². The van der Waals surface area contributed by atoms with Crippen LogP contribution in [0.3, 0.4) is 0 Å². The number of anilines is 1. The summed E-state index contributed by atoms with van der Waals surface area (Å²) >= 11 is 0. The Morgan fingerprint density at radius 1 is 1.05 bits per heavy atom. The number of carbonyl (C=O) groups is 6. The number of phenolic OH excluding ortho intramolecular Hbond substituents is 2. The molecule has 1 aromatic heterocycles. The van der Waals surface area contributed by atoms with E-state index in [2.05, 4.69) is 30.9 Å². The number of hydrogen-bond acceptors (Lipinski definition) is 12. The van der Waals surface area contributed by atoms with E-state index < -0.39 is 11.9 Å². The molecule has 17 heteroatoms. The third kappa shape index (κ3) is 9.03. The van der Waals surface area contributed by atoms with Gasteiger partial charge >= 0.3 is 0 Å². The van der Waals surface area contributed by atoms with Crippen molar-refractivity contribution >= 4 is 41.7 Å². The van der Waals surface area contributed by atoms with Crippen molar-refractivity contribution in [2.45, 2.75) is 58.5 Å². The standard InChI is InChI=1S/C26H31N5O6.C14H15N3O3/c1-5-27-25(35)24-29-28-23(20-13-19(16(2)3)21(33)14-22(20)34)31(24)18-9-7-17(8-10-18)26(36)30(4)11-6-12-37-15-32;1-15-10-4-2-3-8-9(10)7-17(14(8)20)11-5-6-12(18)16-13(11)19/h7-10,13-16,33-34H,5-6,11-12H2,1-4H3,(H,27,35);2-4,11,15H,5-7H2,1H3,(H,16,18,19). The Hall–Kier alpha value is -6.78. The summed E-state index contributed by atoms with van der Waals surface area (Å²) < 4.78 is 6.16. The monoisotopic (exact) mass is 782 g/mol. The fourth-order valence-corrected chi connectivity index (χ4v) is 6.65. The van der Waals surface area contributed by atoms with Crippen LogP contribution in [0.4, 0.5) is 5.69 Å². The molecule has 1 unspecified atom stereocenters. The molecule has 1 atom stereocenters. The number of fused-ring (bicyclic) bond motifs is 1. The SMILES string of the molecule is CCNC(=O)c1nnc(-c2cc(C(C)C)c(O)cc2O)n1-c1ccc(C(=O)N(C)CCCOC=O)cc1.CNc1cccc2c1CN(C1CCC(=O)NC1=O)C2=O. The molecule has 0 aliphatic carbocycles. The average molecular weight is 783 g/mol. The van der Waals surface area contributed by atoms with Gasteiger partial charge in [0, 0.05) is 74.3 Å². The molecule has 0 spiro atoms. The van der Waals surface area contributed by atoms with Crippen molar-refractivity contribution in [1.29, 1.82) is 0 Å². The molecular formula is C40H46N8O9. The van der Waals surface area contributed by atoms with Crippen molar-refractivity contribution in [3.63, 3.8) is 0 Å². The van der Waals surface area contributed by atoms with Crippen LogP contribution in [0.5, 0.6) is 11.5 Å². The Morgan fingerprint density at radius 2 is 1.79 bits per heavy atom. The highest BCUT2D eigenvalue weighted by atomic mass is 16.5. The number of benzene rings is 3. The molecule has 1 fully saturated rings. The Balaban J connectivity index is 0.000000259. The largest absolute Gasteiger partial charge is 0.508 e. The molecule has 57 heavy (non-hydrogen) atoms. The Labute approximate surface area is 329 Å². The topological polar surface area (TPSA) is 225 Å². The molecule has 2 aliphatic heterocycles. The number of imide groups is 1. The second-order valence-electron chi connectivity index (χ2n) is 13.7. The average Bonchev–Trinajstić information content (AvgIpc) is 3.78. The molecule has 4 aromatic rings. The number of nitrogens with one attached hydrogen (secondary N) is 3. The van der Waals surface area contributed by atoms with E-state index in [1.54, 1.807) is 62.3 Å². The van der Waals surface area contributed by atoms with Gasteiger partial charge in [-0.25, -0.2) is 0 Å². The van der Waals surface area contributed by atoms with Crippen LogP contribution in [0.15, 0.2) is 54.6 Å². The Morgan fingerprint density at radius 3 is 2.44 bits per heavy atom. The van der Waals surface area contributed by atoms with Gasteiger partial charge in [-0.1, -0.05) is 19.9 Å². The molecule has 1 saturated heterocycles. The van der Waals surface area contributed by atoms with Gasteiger partial charge in [-0.15, -0.1) is 10.2 Å². The first kappa shape index (κ1) is 41.4.